The van der Waals surface area contributed by atoms with Crippen LogP contribution in [-0.4, -0.2) is 24.7 Å². The smallest absolute Gasteiger partial charge is 0.191 e. The van der Waals surface area contributed by atoms with Crippen LogP contribution in [0, 0.1) is 0 Å². The monoisotopic (exact) mass is 534 g/mol. The van der Waals surface area contributed by atoms with Crippen molar-refractivity contribution in [2.45, 2.75) is 45.6 Å². The summed E-state index contributed by atoms with van der Waals surface area (Å²) in [5, 5.41) is 10.7. The minimum Gasteiger partial charge on any atom is -0.359 e. The van der Waals surface area contributed by atoms with Crippen molar-refractivity contribution in [2.75, 3.05) is 13.6 Å². The molecule has 0 atom stereocenters. The Bertz CT molecular complexity index is 728. The lowest BCUT2D eigenvalue weighted by atomic mass is 9.84. The van der Waals surface area contributed by atoms with Crippen LogP contribution < -0.4 is 10.6 Å². The summed E-state index contributed by atoms with van der Waals surface area (Å²) in [5.41, 5.74) is 2.18. The van der Waals surface area contributed by atoms with Crippen LogP contribution in [0.4, 0.5) is 0 Å². The second-order valence-electron chi connectivity index (χ2n) is 7.02. The number of aromatic nitrogens is 1. The van der Waals surface area contributed by atoms with E-state index in [0.29, 0.717) is 12.5 Å². The molecule has 2 rings (SSSR count). The van der Waals surface area contributed by atoms with Crippen molar-refractivity contribution in [2.24, 2.45) is 4.99 Å². The van der Waals surface area contributed by atoms with Crippen molar-refractivity contribution in [1.82, 2.24) is 15.8 Å². The number of halogens is 2. The second kappa shape index (κ2) is 10.3. The van der Waals surface area contributed by atoms with Crippen molar-refractivity contribution in [3.8, 4) is 0 Å². The molecule has 7 heteroatoms. The molecular weight excluding hydrogens is 507 g/mol. The highest BCUT2D eigenvalue weighted by atomic mass is 127. The van der Waals surface area contributed by atoms with Crippen molar-refractivity contribution in [3.63, 3.8) is 0 Å². The van der Waals surface area contributed by atoms with E-state index in [1.807, 2.05) is 12.1 Å². The molecule has 0 aliphatic rings. The number of hydrogen-bond acceptors (Lipinski definition) is 3. The molecule has 0 aliphatic carbocycles. The molecule has 0 aliphatic heterocycles. The average Bonchev–Trinajstić information content (AvgIpc) is 3.04. The fraction of sp³-hybridized carbons (Fsp3) is 0.474. The normalized spacial score (nSPS) is 12.0. The Morgan fingerprint density at radius 3 is 2.54 bits per heavy atom. The molecule has 2 N–H and O–H groups in total. The highest BCUT2D eigenvalue weighted by Crippen LogP contribution is 2.29. The first-order valence-electron chi connectivity index (χ1n) is 8.48. The maximum Gasteiger partial charge on any atom is 0.191 e. The van der Waals surface area contributed by atoms with Gasteiger partial charge in [-0.3, -0.25) is 4.99 Å². The third-order valence-electron chi connectivity index (χ3n) is 4.12. The van der Waals surface area contributed by atoms with Crippen LogP contribution in [0.2, 0.25) is 0 Å². The third-order valence-corrected chi connectivity index (χ3v) is 4.81. The molecule has 0 radical (unpaired) electrons. The molecular formula is C19H28BrIN4O. The Balaban J connectivity index is 0.00000338. The van der Waals surface area contributed by atoms with Crippen LogP contribution in [0.3, 0.4) is 0 Å². The molecule has 0 amide bonds. The molecule has 144 valence electrons. The standard InChI is InChI=1S/C19H27BrN4O.HI/c1-13(2)17-10-14(25-24-17)11-22-18(21-5)23-12-19(3,4)15-8-6-7-9-16(15)20;/h6-10,13H,11-12H2,1-5H3,(H2,21,22,23);1H. The van der Waals surface area contributed by atoms with Gasteiger partial charge in [-0.25, -0.2) is 0 Å². The van der Waals surface area contributed by atoms with E-state index in [-0.39, 0.29) is 29.4 Å². The van der Waals surface area contributed by atoms with Gasteiger partial charge in [0.1, 0.15) is 0 Å². The van der Waals surface area contributed by atoms with E-state index in [1.54, 1.807) is 7.05 Å². The Hall–Kier alpha value is -1.09. The highest BCUT2D eigenvalue weighted by molar-refractivity contribution is 14.0. The largest absolute Gasteiger partial charge is 0.359 e. The van der Waals surface area contributed by atoms with Gasteiger partial charge < -0.3 is 15.2 Å². The van der Waals surface area contributed by atoms with Gasteiger partial charge in [-0.1, -0.05) is 67.0 Å². The molecule has 1 aromatic carbocycles. The van der Waals surface area contributed by atoms with Gasteiger partial charge in [-0.15, -0.1) is 24.0 Å². The van der Waals surface area contributed by atoms with Gasteiger partial charge in [0.2, 0.25) is 0 Å². The molecule has 0 spiro atoms. The number of aliphatic imine (C=N–C) groups is 1. The number of hydrogen-bond donors (Lipinski definition) is 2. The molecule has 0 saturated heterocycles. The number of rotatable bonds is 6. The Labute approximate surface area is 181 Å². The molecule has 0 saturated carbocycles. The molecule has 0 bridgehead atoms. The summed E-state index contributed by atoms with van der Waals surface area (Å²) in [4.78, 5) is 4.28. The molecule has 1 aromatic heterocycles. The topological polar surface area (TPSA) is 62.5 Å². The number of benzene rings is 1. The first kappa shape index (κ1) is 23.0. The van der Waals surface area contributed by atoms with Crippen LogP contribution in [0.1, 0.15) is 50.6 Å². The van der Waals surface area contributed by atoms with E-state index in [4.69, 9.17) is 4.52 Å². The molecule has 0 unspecified atom stereocenters. The van der Waals surface area contributed by atoms with Gasteiger partial charge in [0, 0.05) is 29.5 Å². The van der Waals surface area contributed by atoms with Gasteiger partial charge in [0.05, 0.1) is 12.2 Å². The lowest BCUT2D eigenvalue weighted by Gasteiger charge is -2.27. The van der Waals surface area contributed by atoms with Gasteiger partial charge >= 0.3 is 0 Å². The van der Waals surface area contributed by atoms with Crippen molar-refractivity contribution in [3.05, 3.63) is 51.8 Å². The summed E-state index contributed by atoms with van der Waals surface area (Å²) in [6.07, 6.45) is 0. The maximum atomic E-state index is 5.35. The minimum absolute atomic E-state index is 0. The third kappa shape index (κ3) is 6.26. The molecule has 1 heterocycles. The van der Waals surface area contributed by atoms with Crippen LogP contribution in [0.25, 0.3) is 0 Å². The molecule has 0 fully saturated rings. The molecule has 5 nitrogen and oxygen atoms in total. The van der Waals surface area contributed by atoms with Crippen LogP contribution >= 0.6 is 39.9 Å². The van der Waals surface area contributed by atoms with E-state index < -0.39 is 0 Å². The fourth-order valence-electron chi connectivity index (χ4n) is 2.49. The van der Waals surface area contributed by atoms with Gasteiger partial charge in [-0.05, 0) is 17.5 Å². The number of nitrogens with zero attached hydrogens (tertiary/aromatic N) is 2. The van der Waals surface area contributed by atoms with Gasteiger partial charge in [0.25, 0.3) is 0 Å². The average molecular weight is 535 g/mol. The Morgan fingerprint density at radius 1 is 1.27 bits per heavy atom. The first-order valence-corrected chi connectivity index (χ1v) is 9.28. The quantitative estimate of drug-likeness (QED) is 0.317. The summed E-state index contributed by atoms with van der Waals surface area (Å²) in [6.45, 7) is 9.91. The predicted octanol–water partition coefficient (Wildman–Crippen LogP) is 4.82. The zero-order chi connectivity index (χ0) is 18.4. The van der Waals surface area contributed by atoms with E-state index in [1.165, 1.54) is 5.56 Å². The Kier molecular flexibility index (Phi) is 9.09. The summed E-state index contributed by atoms with van der Waals surface area (Å²) >= 11 is 3.64. The van der Waals surface area contributed by atoms with E-state index >= 15 is 0 Å². The van der Waals surface area contributed by atoms with Crippen LogP contribution in [0.5, 0.6) is 0 Å². The molecule has 26 heavy (non-hydrogen) atoms. The fourth-order valence-corrected chi connectivity index (χ4v) is 3.31. The predicted molar refractivity (Wildman–Crippen MR) is 121 cm³/mol. The van der Waals surface area contributed by atoms with Crippen molar-refractivity contribution in [1.29, 1.82) is 0 Å². The van der Waals surface area contributed by atoms with E-state index in [9.17, 15) is 0 Å². The summed E-state index contributed by atoms with van der Waals surface area (Å²) in [5.74, 6) is 1.90. The first-order chi connectivity index (χ1) is 11.8. The summed E-state index contributed by atoms with van der Waals surface area (Å²) in [7, 11) is 1.76. The van der Waals surface area contributed by atoms with Crippen LogP contribution in [-0.2, 0) is 12.0 Å². The van der Waals surface area contributed by atoms with Gasteiger partial charge in [-0.2, -0.15) is 0 Å². The number of nitrogens with one attached hydrogen (secondary N) is 2. The van der Waals surface area contributed by atoms with E-state index in [2.05, 4.69) is 82.6 Å². The molecule has 2 aromatic rings. The highest BCUT2D eigenvalue weighted by Gasteiger charge is 2.23. The van der Waals surface area contributed by atoms with Crippen molar-refractivity contribution >= 4 is 45.9 Å². The van der Waals surface area contributed by atoms with E-state index in [0.717, 1.165) is 28.4 Å². The summed E-state index contributed by atoms with van der Waals surface area (Å²) < 4.78 is 6.47. The summed E-state index contributed by atoms with van der Waals surface area (Å²) in [6, 6.07) is 10.3. The van der Waals surface area contributed by atoms with Crippen molar-refractivity contribution < 1.29 is 4.52 Å². The minimum atomic E-state index is -0.0469. The lowest BCUT2D eigenvalue weighted by Crippen LogP contribution is -2.43. The Morgan fingerprint density at radius 2 is 1.96 bits per heavy atom. The zero-order valence-electron chi connectivity index (χ0n) is 16.0. The lowest BCUT2D eigenvalue weighted by molar-refractivity contribution is 0.371. The van der Waals surface area contributed by atoms with Gasteiger partial charge in [0.15, 0.2) is 11.7 Å². The maximum absolute atomic E-state index is 5.35. The zero-order valence-corrected chi connectivity index (χ0v) is 19.9. The number of guanidine groups is 1. The SMILES string of the molecule is CN=C(NCc1cc(C(C)C)no1)NCC(C)(C)c1ccccc1Br.I. The second-order valence-corrected chi connectivity index (χ2v) is 7.87. The van der Waals surface area contributed by atoms with Crippen LogP contribution in [0.15, 0.2) is 44.3 Å².